The van der Waals surface area contributed by atoms with Crippen LogP contribution in [0.5, 0.6) is 0 Å². The van der Waals surface area contributed by atoms with Crippen LogP contribution >= 0.6 is 47.2 Å². The maximum atomic E-state index is 6.09. The fourth-order valence-corrected chi connectivity index (χ4v) is 4.18. The van der Waals surface area contributed by atoms with Crippen molar-refractivity contribution in [2.75, 3.05) is 5.75 Å². The zero-order chi connectivity index (χ0) is 12.7. The van der Waals surface area contributed by atoms with Gasteiger partial charge in [0.25, 0.3) is 0 Å². The average molecular weight is 319 g/mol. The molecule has 0 aliphatic carbocycles. The molecule has 1 N–H and O–H groups in total. The van der Waals surface area contributed by atoms with Crippen molar-refractivity contribution >= 4 is 58.2 Å². The van der Waals surface area contributed by atoms with Crippen LogP contribution in [0.3, 0.4) is 0 Å². The Hall–Kier alpha value is -0.160. The second-order valence-electron chi connectivity index (χ2n) is 4.46. The van der Waals surface area contributed by atoms with E-state index in [1.54, 1.807) is 0 Å². The minimum absolute atomic E-state index is 0.558. The highest BCUT2D eigenvalue weighted by Gasteiger charge is 2.18. The summed E-state index contributed by atoms with van der Waals surface area (Å²) in [6.45, 7) is 0.946. The molecule has 1 aliphatic heterocycles. The lowest BCUT2D eigenvalue weighted by Crippen LogP contribution is -2.09. The zero-order valence-corrected chi connectivity index (χ0v) is 12.7. The number of aromatic nitrogens is 2. The van der Waals surface area contributed by atoms with Gasteiger partial charge in [-0.25, -0.2) is 0 Å². The van der Waals surface area contributed by atoms with Crippen LogP contribution in [0.2, 0.25) is 10.0 Å². The molecule has 18 heavy (non-hydrogen) atoms. The monoisotopic (exact) mass is 318 g/mol. The summed E-state index contributed by atoms with van der Waals surface area (Å²) in [5.74, 6) is 1.26. The summed E-state index contributed by atoms with van der Waals surface area (Å²) in [5, 5.41) is 1.79. The Balaban J connectivity index is 2.07. The maximum absolute atomic E-state index is 6.09. The number of rotatable bonds is 2. The molecule has 96 valence electrons. The van der Waals surface area contributed by atoms with Crippen LogP contribution in [0.4, 0.5) is 0 Å². The standard InChI is InChI=1S/C12H12Cl2N2S2/c13-8-4-10-11(5-9(8)14)16(12(17)15-10)6-7-2-1-3-18-7/h4-5,7H,1-3,6H2,(H,15,17). The van der Waals surface area contributed by atoms with Crippen LogP contribution in [0.15, 0.2) is 12.1 Å². The molecule has 1 unspecified atom stereocenters. The molecule has 1 aromatic heterocycles. The molecule has 0 saturated carbocycles. The van der Waals surface area contributed by atoms with Crippen LogP contribution in [-0.4, -0.2) is 20.6 Å². The normalized spacial score (nSPS) is 19.8. The predicted octanol–water partition coefficient (Wildman–Crippen LogP) is 4.90. The predicted molar refractivity (Wildman–Crippen MR) is 82.6 cm³/mol. The van der Waals surface area contributed by atoms with Gasteiger partial charge in [-0.2, -0.15) is 11.8 Å². The fourth-order valence-electron chi connectivity index (χ4n) is 2.33. The first kappa shape index (κ1) is 12.9. The highest BCUT2D eigenvalue weighted by atomic mass is 35.5. The number of benzene rings is 1. The van der Waals surface area contributed by atoms with E-state index in [2.05, 4.69) is 9.55 Å². The number of aromatic amines is 1. The van der Waals surface area contributed by atoms with Crippen molar-refractivity contribution < 1.29 is 0 Å². The number of hydrogen-bond donors (Lipinski definition) is 1. The SMILES string of the molecule is S=c1[nH]c2cc(Cl)c(Cl)cc2n1CC1CCCS1. The quantitative estimate of drug-likeness (QED) is 0.795. The molecule has 1 aromatic carbocycles. The maximum Gasteiger partial charge on any atom is 0.178 e. The zero-order valence-electron chi connectivity index (χ0n) is 9.58. The molecule has 1 aliphatic rings. The third kappa shape index (κ3) is 2.31. The topological polar surface area (TPSA) is 20.7 Å². The van der Waals surface area contributed by atoms with Gasteiger partial charge in [0.05, 0.1) is 21.1 Å². The summed E-state index contributed by atoms with van der Waals surface area (Å²) >= 11 is 19.5. The molecular weight excluding hydrogens is 307 g/mol. The van der Waals surface area contributed by atoms with Gasteiger partial charge in [-0.05, 0) is 42.9 Å². The largest absolute Gasteiger partial charge is 0.331 e. The first-order valence-corrected chi connectivity index (χ1v) is 8.05. The third-order valence-electron chi connectivity index (χ3n) is 3.23. The highest BCUT2D eigenvalue weighted by Crippen LogP contribution is 2.31. The lowest BCUT2D eigenvalue weighted by atomic mass is 10.2. The van der Waals surface area contributed by atoms with Gasteiger partial charge in [0.1, 0.15) is 0 Å². The summed E-state index contributed by atoms with van der Waals surface area (Å²) in [5.41, 5.74) is 2.00. The van der Waals surface area contributed by atoms with Gasteiger partial charge in [-0.15, -0.1) is 0 Å². The van der Waals surface area contributed by atoms with Gasteiger partial charge in [0.2, 0.25) is 0 Å². The van der Waals surface area contributed by atoms with Crippen LogP contribution < -0.4 is 0 Å². The van der Waals surface area contributed by atoms with Gasteiger partial charge < -0.3 is 9.55 Å². The summed E-state index contributed by atoms with van der Waals surface area (Å²) < 4.78 is 2.88. The highest BCUT2D eigenvalue weighted by molar-refractivity contribution is 8.00. The molecule has 2 heterocycles. The lowest BCUT2D eigenvalue weighted by Gasteiger charge is -2.10. The Morgan fingerprint density at radius 3 is 2.89 bits per heavy atom. The number of hydrogen-bond acceptors (Lipinski definition) is 2. The number of nitrogens with zero attached hydrogens (tertiary/aromatic N) is 1. The van der Waals surface area contributed by atoms with E-state index in [-0.39, 0.29) is 0 Å². The van der Waals surface area contributed by atoms with Gasteiger partial charge in [0, 0.05) is 11.8 Å². The Labute approximate surface area is 125 Å². The molecule has 0 spiro atoms. The third-order valence-corrected chi connectivity index (χ3v) is 5.65. The van der Waals surface area contributed by atoms with Crippen molar-refractivity contribution in [2.24, 2.45) is 0 Å². The molecule has 0 amide bonds. The molecule has 0 bridgehead atoms. The van der Waals surface area contributed by atoms with E-state index < -0.39 is 0 Å². The Morgan fingerprint density at radius 2 is 2.17 bits per heavy atom. The smallest absolute Gasteiger partial charge is 0.178 e. The Kier molecular flexibility index (Phi) is 3.63. The van der Waals surface area contributed by atoms with E-state index >= 15 is 0 Å². The summed E-state index contributed by atoms with van der Waals surface area (Å²) in [7, 11) is 0. The van der Waals surface area contributed by atoms with Gasteiger partial charge in [-0.1, -0.05) is 23.2 Å². The van der Waals surface area contributed by atoms with Crippen molar-refractivity contribution in [3.8, 4) is 0 Å². The molecule has 1 atom stereocenters. The summed E-state index contributed by atoms with van der Waals surface area (Å²) in [6.07, 6.45) is 2.57. The summed E-state index contributed by atoms with van der Waals surface area (Å²) in [6, 6.07) is 3.73. The molecule has 0 radical (unpaired) electrons. The molecule has 6 heteroatoms. The second kappa shape index (κ2) is 5.08. The van der Waals surface area contributed by atoms with Crippen molar-refractivity contribution in [3.63, 3.8) is 0 Å². The first-order chi connectivity index (χ1) is 8.65. The van der Waals surface area contributed by atoms with Gasteiger partial charge in [-0.3, -0.25) is 0 Å². The van der Waals surface area contributed by atoms with Crippen molar-refractivity contribution in [1.82, 2.24) is 9.55 Å². The fraction of sp³-hybridized carbons (Fsp3) is 0.417. The van der Waals surface area contributed by atoms with Gasteiger partial charge >= 0.3 is 0 Å². The molecule has 2 aromatic rings. The van der Waals surface area contributed by atoms with E-state index in [0.29, 0.717) is 15.3 Å². The molecule has 1 fully saturated rings. The van der Waals surface area contributed by atoms with Crippen LogP contribution in [0.25, 0.3) is 11.0 Å². The van der Waals surface area contributed by atoms with E-state index in [0.717, 1.165) is 22.3 Å². The van der Waals surface area contributed by atoms with Crippen LogP contribution in [0, 0.1) is 4.77 Å². The minimum atomic E-state index is 0.558. The second-order valence-corrected chi connectivity index (χ2v) is 7.07. The Bertz CT molecular complexity index is 641. The van der Waals surface area contributed by atoms with E-state index in [4.69, 9.17) is 35.4 Å². The minimum Gasteiger partial charge on any atom is -0.331 e. The number of thioether (sulfide) groups is 1. The lowest BCUT2D eigenvalue weighted by molar-refractivity contribution is 0.645. The Morgan fingerprint density at radius 1 is 1.39 bits per heavy atom. The number of H-pyrrole nitrogens is 1. The number of fused-ring (bicyclic) bond motifs is 1. The van der Waals surface area contributed by atoms with Crippen LogP contribution in [-0.2, 0) is 6.54 Å². The first-order valence-electron chi connectivity index (χ1n) is 5.84. The average Bonchev–Trinajstić information content (AvgIpc) is 2.92. The number of halogens is 2. The number of nitrogens with one attached hydrogen (secondary N) is 1. The van der Waals surface area contributed by atoms with Crippen molar-refractivity contribution in [2.45, 2.75) is 24.6 Å². The van der Waals surface area contributed by atoms with E-state index in [9.17, 15) is 0 Å². The van der Waals surface area contributed by atoms with Crippen molar-refractivity contribution in [3.05, 3.63) is 26.9 Å². The molecule has 3 rings (SSSR count). The van der Waals surface area contributed by atoms with Gasteiger partial charge in [0.15, 0.2) is 4.77 Å². The van der Waals surface area contributed by atoms with E-state index in [1.165, 1.54) is 18.6 Å². The van der Waals surface area contributed by atoms with Crippen molar-refractivity contribution in [1.29, 1.82) is 0 Å². The van der Waals surface area contributed by atoms with Crippen LogP contribution in [0.1, 0.15) is 12.8 Å². The van der Waals surface area contributed by atoms with E-state index in [1.807, 2.05) is 23.9 Å². The molecule has 1 saturated heterocycles. The summed E-state index contributed by atoms with van der Waals surface area (Å²) in [4.78, 5) is 3.19. The number of imidazole rings is 1. The molecule has 2 nitrogen and oxygen atoms in total. The molecular formula is C12H12Cl2N2S2.